The standard InChI is InChI=1S/C22H28N4O3/c1-3-5-13-24-21(28)16-9-11-18(12-10-16)25-15-20(27)26-19-8-6-7-17(14-19)22(29)23-4-2/h6-12,14,25H,3-5,13,15H2,1-2H3,(H,23,29)(H,24,28)(H,26,27). The van der Waals surface area contributed by atoms with Gasteiger partial charge in [0.15, 0.2) is 0 Å². The molecule has 29 heavy (non-hydrogen) atoms. The number of anilines is 2. The van der Waals surface area contributed by atoms with Crippen LogP contribution < -0.4 is 21.3 Å². The molecule has 0 aromatic heterocycles. The summed E-state index contributed by atoms with van der Waals surface area (Å²) in [6, 6.07) is 13.7. The van der Waals surface area contributed by atoms with Gasteiger partial charge in [0, 0.05) is 35.6 Å². The third-order valence-corrected chi connectivity index (χ3v) is 4.16. The molecule has 0 bridgehead atoms. The Hall–Kier alpha value is -3.35. The summed E-state index contributed by atoms with van der Waals surface area (Å²) in [4.78, 5) is 36.0. The number of nitrogens with one attached hydrogen (secondary N) is 4. The van der Waals surface area contributed by atoms with Crippen molar-refractivity contribution in [3.8, 4) is 0 Å². The molecule has 4 N–H and O–H groups in total. The number of benzene rings is 2. The van der Waals surface area contributed by atoms with Crippen molar-refractivity contribution in [1.29, 1.82) is 0 Å². The zero-order valence-electron chi connectivity index (χ0n) is 16.9. The van der Waals surface area contributed by atoms with Crippen LogP contribution in [-0.2, 0) is 4.79 Å². The molecule has 154 valence electrons. The van der Waals surface area contributed by atoms with Gasteiger partial charge in [-0.15, -0.1) is 0 Å². The topological polar surface area (TPSA) is 99.3 Å². The first-order valence-electron chi connectivity index (χ1n) is 9.83. The van der Waals surface area contributed by atoms with Gasteiger partial charge in [0.2, 0.25) is 5.91 Å². The van der Waals surface area contributed by atoms with Crippen molar-refractivity contribution in [2.75, 3.05) is 30.3 Å². The van der Waals surface area contributed by atoms with E-state index in [2.05, 4.69) is 28.2 Å². The Balaban J connectivity index is 1.84. The second-order valence-electron chi connectivity index (χ2n) is 6.53. The highest BCUT2D eigenvalue weighted by atomic mass is 16.2. The van der Waals surface area contributed by atoms with Crippen LogP contribution in [0.15, 0.2) is 48.5 Å². The molecule has 0 saturated heterocycles. The summed E-state index contributed by atoms with van der Waals surface area (Å²) < 4.78 is 0. The molecular formula is C22H28N4O3. The van der Waals surface area contributed by atoms with Gasteiger partial charge < -0.3 is 21.3 Å². The van der Waals surface area contributed by atoms with Gasteiger partial charge in [0.05, 0.1) is 6.54 Å². The van der Waals surface area contributed by atoms with Crippen molar-refractivity contribution in [2.24, 2.45) is 0 Å². The smallest absolute Gasteiger partial charge is 0.251 e. The third-order valence-electron chi connectivity index (χ3n) is 4.16. The normalized spacial score (nSPS) is 10.1. The Morgan fingerprint density at radius 2 is 1.55 bits per heavy atom. The SMILES string of the molecule is CCCCNC(=O)c1ccc(NCC(=O)Nc2cccc(C(=O)NCC)c2)cc1. The molecule has 7 heteroatoms. The van der Waals surface area contributed by atoms with E-state index >= 15 is 0 Å². The monoisotopic (exact) mass is 396 g/mol. The zero-order chi connectivity index (χ0) is 21.1. The van der Waals surface area contributed by atoms with Crippen LogP contribution in [0.1, 0.15) is 47.4 Å². The van der Waals surface area contributed by atoms with Gasteiger partial charge >= 0.3 is 0 Å². The van der Waals surface area contributed by atoms with E-state index in [4.69, 9.17) is 0 Å². The van der Waals surface area contributed by atoms with Gasteiger partial charge in [-0.2, -0.15) is 0 Å². The fourth-order valence-electron chi connectivity index (χ4n) is 2.61. The highest BCUT2D eigenvalue weighted by Gasteiger charge is 2.08. The van der Waals surface area contributed by atoms with Gasteiger partial charge in [-0.1, -0.05) is 19.4 Å². The van der Waals surface area contributed by atoms with E-state index in [1.165, 1.54) is 0 Å². The lowest BCUT2D eigenvalue weighted by molar-refractivity contribution is -0.114. The van der Waals surface area contributed by atoms with E-state index in [0.29, 0.717) is 29.9 Å². The van der Waals surface area contributed by atoms with Crippen molar-refractivity contribution in [1.82, 2.24) is 10.6 Å². The predicted molar refractivity (Wildman–Crippen MR) is 115 cm³/mol. The Morgan fingerprint density at radius 1 is 0.828 bits per heavy atom. The van der Waals surface area contributed by atoms with Crippen LogP contribution in [0.3, 0.4) is 0 Å². The van der Waals surface area contributed by atoms with Gasteiger partial charge in [-0.25, -0.2) is 0 Å². The summed E-state index contributed by atoms with van der Waals surface area (Å²) >= 11 is 0. The minimum Gasteiger partial charge on any atom is -0.376 e. The van der Waals surface area contributed by atoms with Crippen LogP contribution in [0.2, 0.25) is 0 Å². The second-order valence-corrected chi connectivity index (χ2v) is 6.53. The van der Waals surface area contributed by atoms with Crippen LogP contribution in [0.5, 0.6) is 0 Å². The minimum absolute atomic E-state index is 0.0629. The van der Waals surface area contributed by atoms with Crippen molar-refractivity contribution in [3.63, 3.8) is 0 Å². The fraction of sp³-hybridized carbons (Fsp3) is 0.318. The second kappa shape index (κ2) is 11.5. The molecule has 0 aliphatic rings. The molecule has 0 unspecified atom stereocenters. The Morgan fingerprint density at radius 3 is 2.24 bits per heavy atom. The van der Waals surface area contributed by atoms with E-state index in [1.807, 2.05) is 6.92 Å². The van der Waals surface area contributed by atoms with Gasteiger partial charge in [-0.05, 0) is 55.8 Å². The highest BCUT2D eigenvalue weighted by molar-refractivity contribution is 5.98. The largest absolute Gasteiger partial charge is 0.376 e. The molecule has 0 aliphatic carbocycles. The predicted octanol–water partition coefficient (Wildman–Crippen LogP) is 3.02. The molecule has 3 amide bonds. The van der Waals surface area contributed by atoms with Crippen molar-refractivity contribution < 1.29 is 14.4 Å². The van der Waals surface area contributed by atoms with Gasteiger partial charge in [0.1, 0.15) is 0 Å². The Labute approximate surface area is 171 Å². The summed E-state index contributed by atoms with van der Waals surface area (Å²) in [5.74, 6) is -0.519. The minimum atomic E-state index is -0.237. The van der Waals surface area contributed by atoms with Crippen molar-refractivity contribution >= 4 is 29.1 Å². The molecule has 2 aromatic carbocycles. The Bertz CT molecular complexity index is 834. The van der Waals surface area contributed by atoms with Crippen LogP contribution in [0.25, 0.3) is 0 Å². The number of hydrogen-bond acceptors (Lipinski definition) is 4. The maximum atomic E-state index is 12.2. The summed E-state index contributed by atoms with van der Waals surface area (Å²) in [6.45, 7) is 5.19. The number of carbonyl (C=O) groups excluding carboxylic acids is 3. The molecule has 2 rings (SSSR count). The number of carbonyl (C=O) groups is 3. The number of unbranched alkanes of at least 4 members (excludes halogenated alkanes) is 1. The molecule has 0 saturated carbocycles. The first-order valence-corrected chi connectivity index (χ1v) is 9.83. The fourth-order valence-corrected chi connectivity index (χ4v) is 2.61. The molecule has 2 aromatic rings. The summed E-state index contributed by atoms with van der Waals surface area (Å²) in [6.07, 6.45) is 1.98. The van der Waals surface area contributed by atoms with Crippen LogP contribution >= 0.6 is 0 Å². The van der Waals surface area contributed by atoms with Gasteiger partial charge in [0.25, 0.3) is 11.8 Å². The molecule has 0 heterocycles. The number of rotatable bonds is 10. The average molecular weight is 396 g/mol. The van der Waals surface area contributed by atoms with Crippen LogP contribution in [0, 0.1) is 0 Å². The first-order chi connectivity index (χ1) is 14.0. The first kappa shape index (κ1) is 21.9. The number of amides is 3. The molecule has 0 radical (unpaired) electrons. The average Bonchev–Trinajstić information content (AvgIpc) is 2.73. The van der Waals surface area contributed by atoms with E-state index in [0.717, 1.165) is 18.5 Å². The summed E-state index contributed by atoms with van der Waals surface area (Å²) in [7, 11) is 0. The Kier molecular flexibility index (Phi) is 8.69. The van der Waals surface area contributed by atoms with Crippen LogP contribution in [0.4, 0.5) is 11.4 Å². The van der Waals surface area contributed by atoms with Crippen LogP contribution in [-0.4, -0.2) is 37.4 Å². The third kappa shape index (κ3) is 7.29. The molecule has 0 fully saturated rings. The van der Waals surface area contributed by atoms with Crippen molar-refractivity contribution in [3.05, 3.63) is 59.7 Å². The highest BCUT2D eigenvalue weighted by Crippen LogP contribution is 2.12. The van der Waals surface area contributed by atoms with E-state index in [9.17, 15) is 14.4 Å². The lowest BCUT2D eigenvalue weighted by atomic mass is 10.2. The molecule has 0 atom stereocenters. The lowest BCUT2D eigenvalue weighted by Crippen LogP contribution is -2.24. The quantitative estimate of drug-likeness (QED) is 0.464. The number of hydrogen-bond donors (Lipinski definition) is 4. The molecule has 7 nitrogen and oxygen atoms in total. The maximum Gasteiger partial charge on any atom is 0.251 e. The molecule has 0 spiro atoms. The van der Waals surface area contributed by atoms with Gasteiger partial charge in [-0.3, -0.25) is 14.4 Å². The van der Waals surface area contributed by atoms with E-state index < -0.39 is 0 Å². The van der Waals surface area contributed by atoms with Crippen molar-refractivity contribution in [2.45, 2.75) is 26.7 Å². The molecular weight excluding hydrogens is 368 g/mol. The zero-order valence-corrected chi connectivity index (χ0v) is 16.9. The summed E-state index contributed by atoms with van der Waals surface area (Å²) in [5, 5.41) is 11.4. The lowest BCUT2D eigenvalue weighted by Gasteiger charge is -2.10. The maximum absolute atomic E-state index is 12.2. The van der Waals surface area contributed by atoms with E-state index in [1.54, 1.807) is 48.5 Å². The summed E-state index contributed by atoms with van der Waals surface area (Å²) in [5.41, 5.74) is 2.37. The molecule has 0 aliphatic heterocycles. The van der Waals surface area contributed by atoms with E-state index in [-0.39, 0.29) is 24.3 Å².